The van der Waals surface area contributed by atoms with Gasteiger partial charge in [0.2, 0.25) is 0 Å². The van der Waals surface area contributed by atoms with E-state index in [1.165, 1.54) is 13.0 Å². The monoisotopic (exact) mass is 280 g/mol. The SMILES string of the molecule is CCCNCc1cc(CN2CCCN(C)CC2C)on1. The lowest BCUT2D eigenvalue weighted by atomic mass is 10.2. The van der Waals surface area contributed by atoms with E-state index in [0.717, 1.165) is 50.6 Å². The van der Waals surface area contributed by atoms with Crippen LogP contribution in [0.4, 0.5) is 0 Å². The van der Waals surface area contributed by atoms with Crippen molar-refractivity contribution >= 4 is 0 Å². The number of hydrogen-bond acceptors (Lipinski definition) is 5. The van der Waals surface area contributed by atoms with Crippen LogP contribution in [0.2, 0.25) is 0 Å². The molecule has 1 unspecified atom stereocenters. The van der Waals surface area contributed by atoms with Gasteiger partial charge in [-0.2, -0.15) is 0 Å². The maximum absolute atomic E-state index is 5.47. The number of nitrogens with zero attached hydrogens (tertiary/aromatic N) is 3. The zero-order valence-corrected chi connectivity index (χ0v) is 13.1. The van der Waals surface area contributed by atoms with Gasteiger partial charge in [0.1, 0.15) is 0 Å². The van der Waals surface area contributed by atoms with Crippen LogP contribution in [0.15, 0.2) is 10.6 Å². The standard InChI is InChI=1S/C15H28N4O/c1-4-6-16-10-14-9-15(20-17-14)12-19-8-5-7-18(3)11-13(19)2/h9,13,16H,4-8,10-12H2,1-3H3. The molecule has 0 spiro atoms. The van der Waals surface area contributed by atoms with Crippen LogP contribution >= 0.6 is 0 Å². The van der Waals surface area contributed by atoms with Gasteiger partial charge < -0.3 is 14.7 Å². The topological polar surface area (TPSA) is 44.5 Å². The van der Waals surface area contributed by atoms with E-state index >= 15 is 0 Å². The number of rotatable bonds is 6. The van der Waals surface area contributed by atoms with Crippen LogP contribution in [-0.2, 0) is 13.1 Å². The second-order valence-corrected chi connectivity index (χ2v) is 5.90. The third kappa shape index (κ3) is 4.58. The van der Waals surface area contributed by atoms with Gasteiger partial charge in [0, 0.05) is 31.7 Å². The highest BCUT2D eigenvalue weighted by Gasteiger charge is 2.20. The molecule has 1 atom stereocenters. The second-order valence-electron chi connectivity index (χ2n) is 5.90. The van der Waals surface area contributed by atoms with Crippen LogP contribution in [0.3, 0.4) is 0 Å². The molecule has 0 saturated carbocycles. The van der Waals surface area contributed by atoms with E-state index in [1.54, 1.807) is 0 Å². The Morgan fingerprint density at radius 2 is 2.30 bits per heavy atom. The fraction of sp³-hybridized carbons (Fsp3) is 0.800. The summed E-state index contributed by atoms with van der Waals surface area (Å²) in [6.45, 7) is 10.6. The smallest absolute Gasteiger partial charge is 0.151 e. The predicted molar refractivity (Wildman–Crippen MR) is 80.5 cm³/mol. The molecule has 0 radical (unpaired) electrons. The fourth-order valence-corrected chi connectivity index (χ4v) is 2.76. The average molecular weight is 280 g/mol. The highest BCUT2D eigenvalue weighted by molar-refractivity contribution is 5.05. The molecule has 20 heavy (non-hydrogen) atoms. The van der Waals surface area contributed by atoms with Crippen molar-refractivity contribution in [2.75, 3.05) is 33.2 Å². The maximum Gasteiger partial charge on any atom is 0.151 e. The van der Waals surface area contributed by atoms with E-state index in [4.69, 9.17) is 4.52 Å². The minimum absolute atomic E-state index is 0.564. The van der Waals surface area contributed by atoms with Gasteiger partial charge >= 0.3 is 0 Å². The van der Waals surface area contributed by atoms with Gasteiger partial charge in [0.15, 0.2) is 5.76 Å². The molecule has 1 aliphatic heterocycles. The van der Waals surface area contributed by atoms with Gasteiger partial charge in [0.25, 0.3) is 0 Å². The Balaban J connectivity index is 1.85. The molecule has 5 heteroatoms. The van der Waals surface area contributed by atoms with Crippen LogP contribution in [0.5, 0.6) is 0 Å². The Morgan fingerprint density at radius 1 is 1.45 bits per heavy atom. The third-order valence-electron chi connectivity index (χ3n) is 3.88. The summed E-state index contributed by atoms with van der Waals surface area (Å²) in [6, 6.07) is 2.65. The molecule has 0 aromatic carbocycles. The second kappa shape index (κ2) is 7.76. The van der Waals surface area contributed by atoms with Crippen molar-refractivity contribution in [1.29, 1.82) is 0 Å². The van der Waals surface area contributed by atoms with Crippen LogP contribution < -0.4 is 5.32 Å². The number of hydrogen-bond donors (Lipinski definition) is 1. The lowest BCUT2D eigenvalue weighted by Crippen LogP contribution is -2.37. The van der Waals surface area contributed by atoms with E-state index in [0.29, 0.717) is 6.04 Å². The Labute approximate surface area is 122 Å². The van der Waals surface area contributed by atoms with Gasteiger partial charge in [-0.15, -0.1) is 0 Å². The fourth-order valence-electron chi connectivity index (χ4n) is 2.76. The molecule has 1 saturated heterocycles. The molecule has 1 aromatic heterocycles. The summed E-state index contributed by atoms with van der Waals surface area (Å²) in [4.78, 5) is 4.90. The van der Waals surface area contributed by atoms with Crippen molar-refractivity contribution < 1.29 is 4.52 Å². The number of aromatic nitrogens is 1. The molecular weight excluding hydrogens is 252 g/mol. The average Bonchev–Trinajstić information content (AvgIpc) is 2.78. The summed E-state index contributed by atoms with van der Waals surface area (Å²) in [7, 11) is 2.20. The molecule has 0 bridgehead atoms. The van der Waals surface area contributed by atoms with Gasteiger partial charge in [0.05, 0.1) is 12.2 Å². The summed E-state index contributed by atoms with van der Waals surface area (Å²) in [5.74, 6) is 0.981. The minimum atomic E-state index is 0.564. The van der Waals surface area contributed by atoms with E-state index in [-0.39, 0.29) is 0 Å². The maximum atomic E-state index is 5.47. The van der Waals surface area contributed by atoms with Crippen molar-refractivity contribution in [2.45, 2.75) is 45.8 Å². The lowest BCUT2D eigenvalue weighted by molar-refractivity contribution is 0.175. The van der Waals surface area contributed by atoms with Gasteiger partial charge in [-0.3, -0.25) is 4.90 Å². The van der Waals surface area contributed by atoms with Crippen LogP contribution in [0, 0.1) is 0 Å². The van der Waals surface area contributed by atoms with Crippen molar-refractivity contribution in [3.05, 3.63) is 17.5 Å². The van der Waals surface area contributed by atoms with E-state index in [1.807, 2.05) is 0 Å². The van der Waals surface area contributed by atoms with Crippen molar-refractivity contribution in [1.82, 2.24) is 20.3 Å². The summed E-state index contributed by atoms with van der Waals surface area (Å²) in [5, 5.41) is 7.49. The first-order valence-electron chi connectivity index (χ1n) is 7.76. The largest absolute Gasteiger partial charge is 0.360 e. The highest BCUT2D eigenvalue weighted by atomic mass is 16.5. The summed E-state index contributed by atoms with van der Waals surface area (Å²) < 4.78 is 5.47. The van der Waals surface area contributed by atoms with E-state index < -0.39 is 0 Å². The first kappa shape index (κ1) is 15.5. The van der Waals surface area contributed by atoms with E-state index in [9.17, 15) is 0 Å². The quantitative estimate of drug-likeness (QED) is 0.804. The molecule has 1 fully saturated rings. The van der Waals surface area contributed by atoms with Gasteiger partial charge in [-0.25, -0.2) is 0 Å². The molecule has 1 N–H and O–H groups in total. The van der Waals surface area contributed by atoms with Crippen LogP contribution in [-0.4, -0.2) is 54.2 Å². The minimum Gasteiger partial charge on any atom is -0.360 e. The lowest BCUT2D eigenvalue weighted by Gasteiger charge is -2.26. The summed E-state index contributed by atoms with van der Waals surface area (Å²) in [5.41, 5.74) is 1.01. The Kier molecular flexibility index (Phi) is 6.01. The third-order valence-corrected chi connectivity index (χ3v) is 3.88. The molecule has 0 aliphatic carbocycles. The normalized spacial score (nSPS) is 22.1. The van der Waals surface area contributed by atoms with E-state index in [2.05, 4.69) is 47.2 Å². The summed E-state index contributed by atoms with van der Waals surface area (Å²) >= 11 is 0. The molecule has 0 amide bonds. The Morgan fingerprint density at radius 3 is 3.10 bits per heavy atom. The Hall–Kier alpha value is -0.910. The first-order valence-corrected chi connectivity index (χ1v) is 7.76. The zero-order valence-electron chi connectivity index (χ0n) is 13.1. The van der Waals surface area contributed by atoms with Crippen molar-refractivity contribution in [2.24, 2.45) is 0 Å². The first-order chi connectivity index (χ1) is 9.69. The molecular formula is C15H28N4O. The van der Waals surface area contributed by atoms with Gasteiger partial charge in [-0.05, 0) is 39.9 Å². The highest BCUT2D eigenvalue weighted by Crippen LogP contribution is 2.14. The molecule has 2 heterocycles. The van der Waals surface area contributed by atoms with Crippen LogP contribution in [0.1, 0.15) is 38.1 Å². The van der Waals surface area contributed by atoms with Crippen molar-refractivity contribution in [3.8, 4) is 0 Å². The Bertz CT molecular complexity index is 393. The summed E-state index contributed by atoms with van der Waals surface area (Å²) in [6.07, 6.45) is 2.36. The van der Waals surface area contributed by atoms with Crippen LogP contribution in [0.25, 0.3) is 0 Å². The number of nitrogens with one attached hydrogen (secondary N) is 1. The molecule has 5 nitrogen and oxygen atoms in total. The van der Waals surface area contributed by atoms with Gasteiger partial charge in [-0.1, -0.05) is 12.1 Å². The molecule has 1 aromatic rings. The predicted octanol–water partition coefficient (Wildman–Crippen LogP) is 1.70. The molecule has 2 rings (SSSR count). The molecule has 114 valence electrons. The number of likely N-dealkylation sites (N-methyl/N-ethyl adjacent to an activating group) is 1. The molecule has 1 aliphatic rings. The van der Waals surface area contributed by atoms with Crippen molar-refractivity contribution in [3.63, 3.8) is 0 Å². The zero-order chi connectivity index (χ0) is 14.4.